The molecule has 0 aliphatic carbocycles. The fraction of sp³-hybridized carbons (Fsp3) is 0.412. The minimum Gasteiger partial charge on any atom is -0.496 e. The van der Waals surface area contributed by atoms with Gasteiger partial charge in [-0.25, -0.2) is 0 Å². The minimum absolute atomic E-state index is 0.242. The average Bonchev–Trinajstić information content (AvgIpc) is 2.37. The van der Waals surface area contributed by atoms with Crippen LogP contribution in [0.5, 0.6) is 5.75 Å². The van der Waals surface area contributed by atoms with E-state index in [1.54, 1.807) is 7.11 Å². The van der Waals surface area contributed by atoms with E-state index in [4.69, 9.17) is 4.74 Å². The molecule has 0 saturated carbocycles. The van der Waals surface area contributed by atoms with Crippen LogP contribution in [0.15, 0.2) is 41.3 Å². The zero-order valence-electron chi connectivity index (χ0n) is 12.8. The number of aliphatic hydroxyl groups is 1. The van der Waals surface area contributed by atoms with E-state index in [2.05, 4.69) is 32.0 Å². The first-order valence-corrected chi connectivity index (χ1v) is 8.16. The number of rotatable bonds is 4. The standard InChI is InChI=1S/C17H23O2S/c1-12(2)20(17(3,4)18)16-11-10-15(19-5)13-8-6-7-9-14(13)16/h6-12,18H,1-5H3/q+1. The Morgan fingerprint density at radius 1 is 1.05 bits per heavy atom. The average molecular weight is 291 g/mol. The van der Waals surface area contributed by atoms with Gasteiger partial charge in [-0.1, -0.05) is 18.2 Å². The Hall–Kier alpha value is -1.19. The molecule has 108 valence electrons. The molecule has 3 heteroatoms. The first-order chi connectivity index (χ1) is 9.36. The van der Waals surface area contributed by atoms with Crippen molar-refractivity contribution in [3.8, 4) is 5.75 Å². The topological polar surface area (TPSA) is 29.5 Å². The normalized spacial score (nSPS) is 13.8. The van der Waals surface area contributed by atoms with Crippen molar-refractivity contribution >= 4 is 21.7 Å². The molecule has 0 aliphatic heterocycles. The summed E-state index contributed by atoms with van der Waals surface area (Å²) in [6.45, 7) is 8.13. The highest BCUT2D eigenvalue weighted by Crippen LogP contribution is 2.37. The zero-order valence-corrected chi connectivity index (χ0v) is 13.6. The second kappa shape index (κ2) is 5.66. The molecule has 1 unspecified atom stereocenters. The first-order valence-electron chi connectivity index (χ1n) is 6.87. The van der Waals surface area contributed by atoms with Crippen LogP contribution in [-0.2, 0) is 10.9 Å². The number of benzene rings is 2. The lowest BCUT2D eigenvalue weighted by atomic mass is 10.1. The van der Waals surface area contributed by atoms with Crippen LogP contribution < -0.4 is 4.74 Å². The molecule has 0 spiro atoms. The van der Waals surface area contributed by atoms with Crippen molar-refractivity contribution in [1.29, 1.82) is 0 Å². The second-order valence-electron chi connectivity index (χ2n) is 5.64. The lowest BCUT2D eigenvalue weighted by Gasteiger charge is -2.24. The highest BCUT2D eigenvalue weighted by molar-refractivity contribution is 7.98. The molecule has 0 aromatic heterocycles. The van der Waals surface area contributed by atoms with Crippen LogP contribution in [0.1, 0.15) is 27.7 Å². The summed E-state index contributed by atoms with van der Waals surface area (Å²) in [4.78, 5) is 0.481. The van der Waals surface area contributed by atoms with Crippen LogP contribution in [0, 0.1) is 0 Å². The van der Waals surface area contributed by atoms with E-state index in [9.17, 15) is 5.11 Å². The van der Waals surface area contributed by atoms with Gasteiger partial charge in [0.05, 0.1) is 18.0 Å². The molecule has 0 radical (unpaired) electrons. The Labute approximate surface area is 124 Å². The molecular weight excluding hydrogens is 268 g/mol. The highest BCUT2D eigenvalue weighted by atomic mass is 32.2. The molecule has 0 saturated heterocycles. The first kappa shape index (κ1) is 15.2. The van der Waals surface area contributed by atoms with Crippen molar-refractivity contribution in [2.45, 2.75) is 42.8 Å². The Morgan fingerprint density at radius 3 is 2.15 bits per heavy atom. The monoisotopic (exact) mass is 291 g/mol. The molecule has 1 N–H and O–H groups in total. The van der Waals surface area contributed by atoms with Crippen LogP contribution in [0.2, 0.25) is 0 Å². The molecule has 0 amide bonds. The van der Waals surface area contributed by atoms with Gasteiger partial charge in [0.2, 0.25) is 4.93 Å². The van der Waals surface area contributed by atoms with Gasteiger partial charge < -0.3 is 9.84 Å². The fourth-order valence-corrected chi connectivity index (χ4v) is 5.54. The van der Waals surface area contributed by atoms with E-state index < -0.39 is 4.93 Å². The molecule has 20 heavy (non-hydrogen) atoms. The summed E-state index contributed by atoms with van der Waals surface area (Å²) in [5.41, 5.74) is 0. The van der Waals surface area contributed by atoms with Crippen LogP contribution in [0.25, 0.3) is 10.8 Å². The van der Waals surface area contributed by atoms with Gasteiger partial charge in [-0.2, -0.15) is 0 Å². The summed E-state index contributed by atoms with van der Waals surface area (Å²) in [5.74, 6) is 0.882. The van der Waals surface area contributed by atoms with Crippen molar-refractivity contribution in [3.05, 3.63) is 36.4 Å². The van der Waals surface area contributed by atoms with E-state index in [0.29, 0.717) is 5.25 Å². The number of hydrogen-bond acceptors (Lipinski definition) is 2. The number of ether oxygens (including phenoxy) is 1. The lowest BCUT2D eigenvalue weighted by molar-refractivity contribution is 0.174. The third-order valence-electron chi connectivity index (χ3n) is 3.31. The fourth-order valence-electron chi connectivity index (χ4n) is 2.71. The summed E-state index contributed by atoms with van der Waals surface area (Å²) in [6.07, 6.45) is 0. The number of hydrogen-bond donors (Lipinski definition) is 1. The number of methoxy groups -OCH3 is 1. The van der Waals surface area contributed by atoms with Gasteiger partial charge in [-0.15, -0.1) is 0 Å². The third kappa shape index (κ3) is 2.79. The molecule has 1 atom stereocenters. The van der Waals surface area contributed by atoms with Crippen LogP contribution in [0.3, 0.4) is 0 Å². The molecule has 2 rings (SSSR count). The van der Waals surface area contributed by atoms with Gasteiger partial charge in [0.25, 0.3) is 0 Å². The molecule has 2 aromatic rings. The smallest absolute Gasteiger partial charge is 0.225 e. The van der Waals surface area contributed by atoms with Gasteiger partial charge in [0, 0.05) is 24.6 Å². The maximum absolute atomic E-state index is 10.6. The predicted molar refractivity (Wildman–Crippen MR) is 87.6 cm³/mol. The summed E-state index contributed by atoms with van der Waals surface area (Å²) in [6, 6.07) is 12.4. The predicted octanol–water partition coefficient (Wildman–Crippen LogP) is 3.96. The Morgan fingerprint density at radius 2 is 1.65 bits per heavy atom. The van der Waals surface area contributed by atoms with Gasteiger partial charge in [0.15, 0.2) is 4.90 Å². The van der Waals surface area contributed by atoms with Crippen molar-refractivity contribution in [2.24, 2.45) is 0 Å². The summed E-state index contributed by atoms with van der Waals surface area (Å²) in [7, 11) is 1.45. The lowest BCUT2D eigenvalue weighted by Crippen LogP contribution is -2.37. The van der Waals surface area contributed by atoms with Crippen LogP contribution in [0.4, 0.5) is 0 Å². The van der Waals surface area contributed by atoms with E-state index in [1.807, 2.05) is 32.0 Å². The van der Waals surface area contributed by atoms with Crippen LogP contribution >= 0.6 is 0 Å². The molecule has 2 nitrogen and oxygen atoms in total. The molecule has 0 fully saturated rings. The van der Waals surface area contributed by atoms with Gasteiger partial charge in [-0.3, -0.25) is 0 Å². The second-order valence-corrected chi connectivity index (χ2v) is 8.70. The maximum Gasteiger partial charge on any atom is 0.225 e. The van der Waals surface area contributed by atoms with E-state index >= 15 is 0 Å². The van der Waals surface area contributed by atoms with E-state index in [1.165, 1.54) is 10.3 Å². The number of fused-ring (bicyclic) bond motifs is 1. The van der Waals surface area contributed by atoms with E-state index in [-0.39, 0.29) is 10.9 Å². The van der Waals surface area contributed by atoms with Gasteiger partial charge in [0.1, 0.15) is 11.0 Å². The molecular formula is C17H23O2S+. The van der Waals surface area contributed by atoms with Crippen LogP contribution in [-0.4, -0.2) is 22.4 Å². The van der Waals surface area contributed by atoms with Crippen molar-refractivity contribution < 1.29 is 9.84 Å². The largest absolute Gasteiger partial charge is 0.496 e. The minimum atomic E-state index is -0.731. The molecule has 0 bridgehead atoms. The third-order valence-corrected chi connectivity index (χ3v) is 6.16. The summed E-state index contributed by atoms with van der Waals surface area (Å²) in [5, 5.41) is 13.2. The highest BCUT2D eigenvalue weighted by Gasteiger charge is 2.42. The summed E-state index contributed by atoms with van der Waals surface area (Å²) < 4.78 is 5.45. The van der Waals surface area contributed by atoms with Crippen molar-refractivity contribution in [2.75, 3.05) is 7.11 Å². The Balaban J connectivity index is 2.71. The van der Waals surface area contributed by atoms with Crippen molar-refractivity contribution in [1.82, 2.24) is 0 Å². The van der Waals surface area contributed by atoms with E-state index in [0.717, 1.165) is 11.1 Å². The Bertz CT molecular complexity index is 599. The Kier molecular flexibility index (Phi) is 4.31. The quantitative estimate of drug-likeness (QED) is 0.864. The molecule has 0 aliphatic rings. The van der Waals surface area contributed by atoms with Gasteiger partial charge >= 0.3 is 0 Å². The molecule has 2 aromatic carbocycles. The SMILES string of the molecule is COc1ccc([S+](C(C)C)C(C)(C)O)c2ccccc12. The zero-order chi connectivity index (χ0) is 14.9. The summed E-state index contributed by atoms with van der Waals surface area (Å²) >= 11 is 0. The molecule has 0 heterocycles. The van der Waals surface area contributed by atoms with Crippen molar-refractivity contribution in [3.63, 3.8) is 0 Å². The van der Waals surface area contributed by atoms with Gasteiger partial charge in [-0.05, 0) is 32.0 Å². The maximum atomic E-state index is 10.6.